The molecule has 0 saturated heterocycles. The molecule has 0 fully saturated rings. The largest absolute Gasteiger partial charge is 0.306 e. The van der Waals surface area contributed by atoms with Crippen molar-refractivity contribution >= 4 is 109 Å². The molecule has 414 valence electrons. The maximum atomic E-state index is 10.7. The molecule has 0 saturated carbocycles. The molecule has 0 atom stereocenters. The zero-order valence-corrected chi connectivity index (χ0v) is 49.4. The van der Waals surface area contributed by atoms with Gasteiger partial charge >= 0.3 is 0 Å². The molecular formula is C81H60N6. The summed E-state index contributed by atoms with van der Waals surface area (Å²) >= 11 is 0. The van der Waals surface area contributed by atoms with Crippen molar-refractivity contribution in [3.8, 4) is 45.6 Å². The van der Waals surface area contributed by atoms with Crippen molar-refractivity contribution < 1.29 is 0 Å². The summed E-state index contributed by atoms with van der Waals surface area (Å²) in [6.07, 6.45) is 0. The predicted molar refractivity (Wildman–Crippen MR) is 366 cm³/mol. The number of hydrogen-bond acceptors (Lipinski definition) is 1. The van der Waals surface area contributed by atoms with Gasteiger partial charge in [-0.25, -0.2) is 0 Å². The van der Waals surface area contributed by atoms with Crippen molar-refractivity contribution in [2.75, 3.05) is 0 Å². The first-order valence-electron chi connectivity index (χ1n) is 30.2. The summed E-state index contributed by atoms with van der Waals surface area (Å²) in [5.41, 5.74) is 20.6. The van der Waals surface area contributed by atoms with Crippen LogP contribution >= 0.6 is 0 Å². The minimum Gasteiger partial charge on any atom is -0.306 e. The van der Waals surface area contributed by atoms with E-state index in [9.17, 15) is 5.26 Å². The van der Waals surface area contributed by atoms with Crippen molar-refractivity contribution in [3.05, 3.63) is 271 Å². The van der Waals surface area contributed by atoms with Gasteiger partial charge < -0.3 is 22.8 Å². The van der Waals surface area contributed by atoms with Crippen LogP contribution in [0.2, 0.25) is 0 Å². The molecule has 12 aromatic carbocycles. The molecule has 17 aromatic rings. The van der Waals surface area contributed by atoms with E-state index in [1.807, 2.05) is 12.1 Å². The molecule has 6 heteroatoms. The van der Waals surface area contributed by atoms with Crippen molar-refractivity contribution in [3.63, 3.8) is 0 Å². The van der Waals surface area contributed by atoms with E-state index in [4.69, 9.17) is 0 Å². The van der Waals surface area contributed by atoms with Gasteiger partial charge in [-0.3, -0.25) is 0 Å². The van der Waals surface area contributed by atoms with E-state index in [-0.39, 0.29) is 10.8 Å². The van der Waals surface area contributed by atoms with Crippen LogP contribution in [0.3, 0.4) is 0 Å². The lowest BCUT2D eigenvalue weighted by atomic mass is 9.85. The fourth-order valence-corrected chi connectivity index (χ4v) is 14.6. The zero-order valence-electron chi connectivity index (χ0n) is 49.4. The fourth-order valence-electron chi connectivity index (χ4n) is 14.6. The van der Waals surface area contributed by atoms with Gasteiger partial charge in [-0.15, -0.1) is 0 Å². The first-order valence-corrected chi connectivity index (χ1v) is 30.2. The quantitative estimate of drug-likeness (QED) is 0.164. The molecule has 5 heterocycles. The molecule has 0 aliphatic rings. The second-order valence-corrected chi connectivity index (χ2v) is 25.6. The lowest BCUT2D eigenvalue weighted by molar-refractivity contribution is 0.590. The van der Waals surface area contributed by atoms with Crippen molar-refractivity contribution in [2.24, 2.45) is 0 Å². The van der Waals surface area contributed by atoms with Crippen molar-refractivity contribution in [2.45, 2.75) is 52.4 Å². The minimum absolute atomic E-state index is 0.136. The van der Waals surface area contributed by atoms with E-state index >= 15 is 0 Å². The Morgan fingerprint density at radius 1 is 0.253 bits per heavy atom. The lowest BCUT2D eigenvalue weighted by Gasteiger charge is -2.32. The van der Waals surface area contributed by atoms with Gasteiger partial charge in [0.1, 0.15) is 0 Å². The van der Waals surface area contributed by atoms with Crippen molar-refractivity contribution in [1.82, 2.24) is 22.8 Å². The Bertz CT molecular complexity index is 5250. The number of nitrogens with zero attached hydrogens (tertiary/aromatic N) is 6. The summed E-state index contributed by atoms with van der Waals surface area (Å²) in [5.74, 6) is 0. The highest BCUT2D eigenvalue weighted by atomic mass is 15.2. The Balaban J connectivity index is 1.28. The first-order chi connectivity index (χ1) is 42.5. The summed E-state index contributed by atoms with van der Waals surface area (Å²) < 4.78 is 13.0. The molecule has 0 radical (unpaired) electrons. The third kappa shape index (κ3) is 7.27. The van der Waals surface area contributed by atoms with E-state index < -0.39 is 0 Å². The fraction of sp³-hybridized carbons (Fsp3) is 0.0988. The Morgan fingerprint density at radius 2 is 0.483 bits per heavy atom. The summed E-state index contributed by atoms with van der Waals surface area (Å²) in [7, 11) is 0. The van der Waals surface area contributed by atoms with Gasteiger partial charge in [0.15, 0.2) is 0 Å². The van der Waals surface area contributed by atoms with Crippen LogP contribution in [-0.4, -0.2) is 22.8 Å². The van der Waals surface area contributed by atoms with Gasteiger partial charge in [0.25, 0.3) is 0 Å². The maximum absolute atomic E-state index is 10.7. The number of aromatic nitrogens is 5. The van der Waals surface area contributed by atoms with Gasteiger partial charge in [0, 0.05) is 59.4 Å². The summed E-state index contributed by atoms with van der Waals surface area (Å²) in [6, 6.07) is 97.1. The highest BCUT2D eigenvalue weighted by Gasteiger charge is 2.37. The third-order valence-electron chi connectivity index (χ3n) is 18.6. The zero-order chi connectivity index (χ0) is 58.6. The second kappa shape index (κ2) is 18.6. The van der Waals surface area contributed by atoms with Crippen LogP contribution < -0.4 is 0 Å². The molecule has 17 rings (SSSR count). The van der Waals surface area contributed by atoms with Crippen LogP contribution in [0.1, 0.15) is 58.2 Å². The number of fused-ring (bicyclic) bond motifs is 15. The molecule has 0 bridgehead atoms. The van der Waals surface area contributed by atoms with Gasteiger partial charge in [-0.05, 0) is 112 Å². The average molecular weight is 1120 g/mol. The van der Waals surface area contributed by atoms with Crippen LogP contribution in [0.5, 0.6) is 0 Å². The molecular weight excluding hydrogens is 1060 g/mol. The second-order valence-electron chi connectivity index (χ2n) is 25.6. The molecule has 0 amide bonds. The van der Waals surface area contributed by atoms with Gasteiger partial charge in [-0.2, -0.15) is 5.26 Å². The standard InChI is InChI=1S/C81H60N6/c1-80(2,3)52-43-45-72-62(47-52)63-48-53(81(4,5)6)44-46-73(63)87(72)79-77(85-68-35-19-11-27-58(68)59-28-12-20-36-69(59)85)75(83-64-31-15-7-23-54(64)55-24-8-16-32-65(55)83)74(51-41-39-50(49-82)40-42-51)76(84-66-33-17-9-25-56(66)57-26-10-18-34-67(57)84)78(79)86-70-37-21-13-29-60(70)61-30-14-22-38-71(61)86/h7-48H,1-6H3. The van der Waals surface area contributed by atoms with E-state index in [0.717, 1.165) is 138 Å². The third-order valence-corrected chi connectivity index (χ3v) is 18.6. The topological polar surface area (TPSA) is 48.4 Å². The number of benzene rings is 12. The highest BCUT2D eigenvalue weighted by Crippen LogP contribution is 2.55. The molecule has 5 aromatic heterocycles. The van der Waals surface area contributed by atoms with Crippen LogP contribution in [0.25, 0.3) is 149 Å². The van der Waals surface area contributed by atoms with E-state index in [0.29, 0.717) is 5.56 Å². The normalized spacial score (nSPS) is 12.5. The van der Waals surface area contributed by atoms with Gasteiger partial charge in [0.2, 0.25) is 0 Å². The average Bonchev–Trinajstić information content (AvgIpc) is 1.62. The molecule has 0 N–H and O–H groups in total. The Kier molecular flexibility index (Phi) is 10.8. The molecule has 0 spiro atoms. The van der Waals surface area contributed by atoms with Crippen molar-refractivity contribution in [1.29, 1.82) is 5.26 Å². The Hall–Kier alpha value is -10.9. The van der Waals surface area contributed by atoms with Crippen LogP contribution in [0.15, 0.2) is 255 Å². The number of hydrogen-bond donors (Lipinski definition) is 0. The minimum atomic E-state index is -0.136. The molecule has 0 aliphatic carbocycles. The van der Waals surface area contributed by atoms with E-state index in [1.165, 1.54) is 21.9 Å². The van der Waals surface area contributed by atoms with Gasteiger partial charge in [0.05, 0.1) is 95.2 Å². The molecule has 87 heavy (non-hydrogen) atoms. The smallest absolute Gasteiger partial charge is 0.0991 e. The van der Waals surface area contributed by atoms with Crippen LogP contribution in [0, 0.1) is 11.3 Å². The van der Waals surface area contributed by atoms with E-state index in [2.05, 4.69) is 313 Å². The highest BCUT2D eigenvalue weighted by molar-refractivity contribution is 6.19. The first kappa shape index (κ1) is 50.6. The Labute approximate surface area is 503 Å². The number of rotatable bonds is 6. The van der Waals surface area contributed by atoms with Crippen LogP contribution in [0.4, 0.5) is 0 Å². The van der Waals surface area contributed by atoms with Gasteiger partial charge in [-0.1, -0.05) is 211 Å². The summed E-state index contributed by atoms with van der Waals surface area (Å²) in [4.78, 5) is 0. The Morgan fingerprint density at radius 3 is 0.736 bits per heavy atom. The maximum Gasteiger partial charge on any atom is 0.0991 e. The monoisotopic (exact) mass is 1120 g/mol. The van der Waals surface area contributed by atoms with E-state index in [1.54, 1.807) is 0 Å². The summed E-state index contributed by atoms with van der Waals surface area (Å²) in [5, 5.41) is 22.3. The number of nitriles is 1. The molecule has 0 unspecified atom stereocenters. The lowest BCUT2D eigenvalue weighted by Crippen LogP contribution is -2.18. The summed E-state index contributed by atoms with van der Waals surface area (Å²) in [6.45, 7) is 14.0. The van der Waals surface area contributed by atoms with Crippen LogP contribution in [-0.2, 0) is 10.8 Å². The molecule has 6 nitrogen and oxygen atoms in total. The predicted octanol–water partition coefficient (Wildman–Crippen LogP) is 21.3. The molecule has 0 aliphatic heterocycles. The number of para-hydroxylation sites is 8. The SMILES string of the molecule is CC(C)(C)c1ccc2c(c1)c1cc(C(C)(C)C)ccc1n2-c1c(-n2c3ccccc3c3ccccc32)c(-n2c3ccccc3c3ccccc32)c(-c2ccc(C#N)cc2)c(-n2c3ccccc3c3ccccc32)c1-n1c2ccccc2c2ccccc21.